The van der Waals surface area contributed by atoms with E-state index in [-0.39, 0.29) is 17.2 Å². The summed E-state index contributed by atoms with van der Waals surface area (Å²) in [7, 11) is -3.96. The summed E-state index contributed by atoms with van der Waals surface area (Å²) >= 11 is 0. The van der Waals surface area contributed by atoms with Crippen LogP contribution in [0.25, 0.3) is 0 Å². The maximum absolute atomic E-state index is 12.5. The lowest BCUT2D eigenvalue weighted by Gasteiger charge is -2.15. The highest BCUT2D eigenvalue weighted by molar-refractivity contribution is 7.89. The molecule has 0 spiro atoms. The van der Waals surface area contributed by atoms with Gasteiger partial charge in [0.1, 0.15) is 11.8 Å². The quantitative estimate of drug-likeness (QED) is 0.349. The first-order chi connectivity index (χ1) is 16.3. The molecule has 182 valence electrons. The molecule has 0 aliphatic carbocycles. The van der Waals surface area contributed by atoms with E-state index in [4.69, 9.17) is 4.74 Å². The van der Waals surface area contributed by atoms with Crippen LogP contribution in [0.1, 0.15) is 24.8 Å². The number of carbonyl (C=O) groups is 2. The standard InChI is InChI=1S/C23H28N4O6S/c28-21(26-23-24-13-5-14-25-23)8-4-15-33-18-11-9-17(10-12-18)16-20(22(29)30)27-34(31,32)19-6-2-1-3-7-19/h1-3,6-7,9-12,20,27H,4-5,8,13-16H2,(H,29,30)(H2,24,25,26,28)/t20-/m0/s1. The van der Waals surface area contributed by atoms with Crippen LogP contribution in [0.4, 0.5) is 0 Å². The van der Waals surface area contributed by atoms with E-state index in [9.17, 15) is 23.1 Å². The molecule has 1 atom stereocenters. The minimum Gasteiger partial charge on any atom is -0.494 e. The molecule has 0 bridgehead atoms. The molecule has 0 radical (unpaired) electrons. The van der Waals surface area contributed by atoms with Crippen molar-refractivity contribution < 1.29 is 27.9 Å². The van der Waals surface area contributed by atoms with Crippen LogP contribution in [0.15, 0.2) is 64.5 Å². The van der Waals surface area contributed by atoms with Crippen LogP contribution >= 0.6 is 0 Å². The number of hydrogen-bond donors (Lipinski definition) is 4. The molecule has 1 aliphatic heterocycles. The van der Waals surface area contributed by atoms with E-state index in [0.29, 0.717) is 43.3 Å². The number of carboxylic acids is 1. The van der Waals surface area contributed by atoms with Gasteiger partial charge >= 0.3 is 5.97 Å². The molecule has 4 N–H and O–H groups in total. The Labute approximate surface area is 198 Å². The molecule has 0 fully saturated rings. The van der Waals surface area contributed by atoms with Gasteiger partial charge in [0.2, 0.25) is 15.9 Å². The van der Waals surface area contributed by atoms with Crippen LogP contribution < -0.4 is 20.1 Å². The Morgan fingerprint density at radius 2 is 1.85 bits per heavy atom. The van der Waals surface area contributed by atoms with Crippen molar-refractivity contribution >= 4 is 27.9 Å². The van der Waals surface area contributed by atoms with Gasteiger partial charge in [-0.1, -0.05) is 30.3 Å². The van der Waals surface area contributed by atoms with Gasteiger partial charge in [0.15, 0.2) is 5.96 Å². The molecule has 34 heavy (non-hydrogen) atoms. The number of sulfonamides is 1. The van der Waals surface area contributed by atoms with Crippen molar-refractivity contribution in [3.05, 3.63) is 60.2 Å². The number of ether oxygens (including phenoxy) is 1. The zero-order valence-corrected chi connectivity index (χ0v) is 19.4. The lowest BCUT2D eigenvalue weighted by atomic mass is 10.1. The van der Waals surface area contributed by atoms with Gasteiger partial charge in [-0.3, -0.25) is 19.9 Å². The van der Waals surface area contributed by atoms with Crippen molar-refractivity contribution in [1.82, 2.24) is 15.4 Å². The zero-order chi connectivity index (χ0) is 24.4. The molecule has 1 heterocycles. The fourth-order valence-corrected chi connectivity index (χ4v) is 4.44. The monoisotopic (exact) mass is 488 g/mol. The Morgan fingerprint density at radius 1 is 1.12 bits per heavy atom. The maximum Gasteiger partial charge on any atom is 0.322 e. The smallest absolute Gasteiger partial charge is 0.322 e. The van der Waals surface area contributed by atoms with Crippen molar-refractivity contribution in [2.45, 2.75) is 36.6 Å². The summed E-state index contributed by atoms with van der Waals surface area (Å²) < 4.78 is 32.8. The van der Waals surface area contributed by atoms with Gasteiger partial charge in [0.05, 0.1) is 11.5 Å². The molecule has 2 aromatic carbocycles. The fourth-order valence-electron chi connectivity index (χ4n) is 3.23. The Hall–Kier alpha value is -3.44. The number of nitrogens with one attached hydrogen (secondary N) is 3. The molecule has 3 rings (SSSR count). The van der Waals surface area contributed by atoms with E-state index in [1.165, 1.54) is 12.1 Å². The summed E-state index contributed by atoms with van der Waals surface area (Å²) in [5, 5.41) is 15.2. The third-order valence-electron chi connectivity index (χ3n) is 4.98. The van der Waals surface area contributed by atoms with Gasteiger partial charge in [0, 0.05) is 19.5 Å². The lowest BCUT2D eigenvalue weighted by molar-refractivity contribution is -0.138. The van der Waals surface area contributed by atoms with E-state index in [1.807, 2.05) is 0 Å². The number of rotatable bonds is 11. The Morgan fingerprint density at radius 3 is 2.50 bits per heavy atom. The van der Waals surface area contributed by atoms with Gasteiger partial charge in [-0.2, -0.15) is 4.72 Å². The van der Waals surface area contributed by atoms with E-state index in [0.717, 1.165) is 13.0 Å². The van der Waals surface area contributed by atoms with Gasteiger partial charge < -0.3 is 15.2 Å². The fraction of sp³-hybridized carbons (Fsp3) is 0.348. The summed E-state index contributed by atoms with van der Waals surface area (Å²) in [4.78, 5) is 27.8. The lowest BCUT2D eigenvalue weighted by Crippen LogP contribution is -2.43. The van der Waals surface area contributed by atoms with Crippen LogP contribution in [0.5, 0.6) is 5.75 Å². The minimum absolute atomic E-state index is 0.00155. The van der Waals surface area contributed by atoms with Gasteiger partial charge in [0.25, 0.3) is 0 Å². The van der Waals surface area contributed by atoms with Gasteiger partial charge in [-0.25, -0.2) is 8.42 Å². The second kappa shape index (κ2) is 12.1. The van der Waals surface area contributed by atoms with Gasteiger partial charge in [-0.05, 0) is 49.1 Å². The molecule has 1 amide bonds. The normalized spacial score (nSPS) is 14.4. The van der Waals surface area contributed by atoms with E-state index >= 15 is 0 Å². The number of carboxylic acid groups (broad SMARTS) is 1. The number of benzene rings is 2. The molecule has 0 saturated heterocycles. The number of amides is 1. The summed E-state index contributed by atoms with van der Waals surface area (Å²) in [5.74, 6) is -0.324. The number of aliphatic carboxylic acids is 1. The molecular formula is C23H28N4O6S. The average Bonchev–Trinajstić information content (AvgIpc) is 2.83. The topological polar surface area (TPSA) is 146 Å². The van der Waals surface area contributed by atoms with Crippen LogP contribution in [0.3, 0.4) is 0 Å². The molecule has 10 nitrogen and oxygen atoms in total. The first kappa shape index (κ1) is 25.2. The predicted molar refractivity (Wildman–Crippen MR) is 126 cm³/mol. The first-order valence-corrected chi connectivity index (χ1v) is 12.4. The highest BCUT2D eigenvalue weighted by Crippen LogP contribution is 2.15. The van der Waals surface area contributed by atoms with E-state index in [1.54, 1.807) is 42.5 Å². The molecule has 11 heteroatoms. The number of carbonyl (C=O) groups excluding carboxylic acids is 1. The Bertz CT molecular complexity index is 1100. The van der Waals surface area contributed by atoms with Crippen LogP contribution in [-0.4, -0.2) is 57.1 Å². The first-order valence-electron chi connectivity index (χ1n) is 10.9. The minimum atomic E-state index is -3.96. The molecule has 1 aliphatic rings. The number of guanidine groups is 1. The highest BCUT2D eigenvalue weighted by atomic mass is 32.2. The van der Waals surface area contributed by atoms with Crippen LogP contribution in [0, 0.1) is 0 Å². The molecule has 0 aromatic heterocycles. The third kappa shape index (κ3) is 7.85. The Balaban J connectivity index is 1.46. The molecule has 2 aromatic rings. The SMILES string of the molecule is O=C(CCCOc1ccc(C[C@H](NS(=O)(=O)c2ccccc2)C(=O)O)cc1)NC1=NCCCN1. The Kier molecular flexibility index (Phi) is 9.00. The van der Waals surface area contributed by atoms with Crippen molar-refractivity contribution in [1.29, 1.82) is 0 Å². The molecule has 0 unspecified atom stereocenters. The van der Waals surface area contributed by atoms with E-state index < -0.39 is 22.0 Å². The number of aliphatic imine (C=N–C) groups is 1. The van der Waals surface area contributed by atoms with Crippen molar-refractivity contribution in [2.24, 2.45) is 4.99 Å². The second-order valence-corrected chi connectivity index (χ2v) is 9.40. The maximum atomic E-state index is 12.5. The predicted octanol–water partition coefficient (Wildman–Crippen LogP) is 1.29. The molecular weight excluding hydrogens is 460 g/mol. The second-order valence-electron chi connectivity index (χ2n) is 7.68. The third-order valence-corrected chi connectivity index (χ3v) is 6.47. The average molecular weight is 489 g/mol. The highest BCUT2D eigenvalue weighted by Gasteiger charge is 2.25. The van der Waals surface area contributed by atoms with Crippen molar-refractivity contribution in [3.8, 4) is 5.75 Å². The summed E-state index contributed by atoms with van der Waals surface area (Å²) in [6.07, 6.45) is 1.73. The number of hydrogen-bond acceptors (Lipinski definition) is 7. The van der Waals surface area contributed by atoms with Crippen molar-refractivity contribution in [3.63, 3.8) is 0 Å². The summed E-state index contributed by atoms with van der Waals surface area (Å²) in [6.45, 7) is 1.83. The van der Waals surface area contributed by atoms with Crippen molar-refractivity contribution in [2.75, 3.05) is 19.7 Å². The van der Waals surface area contributed by atoms with Crippen LogP contribution in [-0.2, 0) is 26.0 Å². The molecule has 0 saturated carbocycles. The van der Waals surface area contributed by atoms with E-state index in [2.05, 4.69) is 20.3 Å². The van der Waals surface area contributed by atoms with Crippen LogP contribution in [0.2, 0.25) is 0 Å². The van der Waals surface area contributed by atoms with Gasteiger partial charge in [-0.15, -0.1) is 0 Å². The zero-order valence-electron chi connectivity index (χ0n) is 18.6. The number of nitrogens with zero attached hydrogens (tertiary/aromatic N) is 1. The summed E-state index contributed by atoms with van der Waals surface area (Å²) in [6, 6.07) is 13.0. The largest absolute Gasteiger partial charge is 0.494 e. The summed E-state index contributed by atoms with van der Waals surface area (Å²) in [5.41, 5.74) is 0.635.